The van der Waals surface area contributed by atoms with E-state index in [0.717, 1.165) is 12.3 Å². The van der Waals surface area contributed by atoms with Crippen LogP contribution in [0.4, 0.5) is 0 Å². The maximum Gasteiger partial charge on any atom is 0 e. The fraction of sp³-hybridized carbons (Fsp3) is 0.900. The smallest absolute Gasteiger partial charge is 0 e. The molecule has 0 N–H and O–H groups in total. The van der Waals surface area contributed by atoms with E-state index in [1.54, 1.807) is 0 Å². The molecule has 0 unspecified atom stereocenters. The molecule has 1 aliphatic rings. The molecule has 71 valence electrons. The van der Waals surface area contributed by atoms with E-state index < -0.39 is 0 Å². The molecule has 0 bridgehead atoms. The third kappa shape index (κ3) is 6.57. The third-order valence-electron chi connectivity index (χ3n) is 2.25. The zero-order valence-corrected chi connectivity index (χ0v) is 11.7. The second-order valence-corrected chi connectivity index (χ2v) is 3.04. The maximum atomic E-state index is 3.92. The molecule has 0 atom stereocenters. The fourth-order valence-corrected chi connectivity index (χ4v) is 1.35. The first-order valence-electron chi connectivity index (χ1n) is 4.80. The average Bonchev–Trinajstić information content (AvgIpc) is 2.10. The molecule has 0 aromatic carbocycles. The van der Waals surface area contributed by atoms with Gasteiger partial charge in [0.15, 0.2) is 0 Å². The molecule has 2 heteroatoms. The van der Waals surface area contributed by atoms with E-state index in [1.165, 1.54) is 25.9 Å². The number of hydrogen-bond acceptors (Lipinski definition) is 1. The van der Waals surface area contributed by atoms with E-state index in [9.17, 15) is 0 Å². The Morgan fingerprint density at radius 1 is 1.25 bits per heavy atom. The molecule has 1 aliphatic heterocycles. The van der Waals surface area contributed by atoms with Crippen molar-refractivity contribution in [1.82, 2.24) is 4.90 Å². The Labute approximate surface area is 103 Å². The van der Waals surface area contributed by atoms with E-state index in [-0.39, 0.29) is 32.7 Å². The van der Waals surface area contributed by atoms with Gasteiger partial charge in [-0.25, -0.2) is 0 Å². The summed E-state index contributed by atoms with van der Waals surface area (Å²) in [6.45, 7) is 10.5. The van der Waals surface area contributed by atoms with Crippen LogP contribution < -0.4 is 0 Å². The summed E-state index contributed by atoms with van der Waals surface area (Å²) in [7, 11) is 2.19. The van der Waals surface area contributed by atoms with Gasteiger partial charge in [-0.05, 0) is 33.0 Å². The summed E-state index contributed by atoms with van der Waals surface area (Å²) in [6.07, 6.45) is 3.86. The number of rotatable bonds is 1. The van der Waals surface area contributed by atoms with Gasteiger partial charge < -0.3 is 11.8 Å². The van der Waals surface area contributed by atoms with Gasteiger partial charge in [0.2, 0.25) is 0 Å². The molecule has 0 saturated carbocycles. The number of hydrogen-bond donors (Lipinski definition) is 0. The van der Waals surface area contributed by atoms with Crippen molar-refractivity contribution in [2.45, 2.75) is 33.1 Å². The Hall–Kier alpha value is 1.06. The predicted molar refractivity (Wildman–Crippen MR) is 51.5 cm³/mol. The standard InChI is InChI=1S/C8H16N.C2H6.Y/c1-3-8-4-6-9(2)7-5-8;1-2;/h8H,1,3-7H2,2H3;1-2H3;/q-1;;. The zero-order valence-electron chi connectivity index (χ0n) is 8.84. The first kappa shape index (κ1) is 15.5. The first-order chi connectivity index (χ1) is 5.33. The van der Waals surface area contributed by atoms with Crippen molar-refractivity contribution in [3.63, 3.8) is 0 Å². The van der Waals surface area contributed by atoms with Crippen LogP contribution in [0.2, 0.25) is 0 Å². The van der Waals surface area contributed by atoms with Crippen LogP contribution in [-0.2, 0) is 32.7 Å². The molecule has 0 spiro atoms. The van der Waals surface area contributed by atoms with Crippen molar-refractivity contribution < 1.29 is 32.7 Å². The topological polar surface area (TPSA) is 3.24 Å². The Morgan fingerprint density at radius 3 is 2.00 bits per heavy atom. The first-order valence-corrected chi connectivity index (χ1v) is 4.80. The second kappa shape index (κ2) is 10.1. The summed E-state index contributed by atoms with van der Waals surface area (Å²) in [5.41, 5.74) is 0. The fourth-order valence-electron chi connectivity index (χ4n) is 1.35. The van der Waals surface area contributed by atoms with Crippen molar-refractivity contribution in [1.29, 1.82) is 0 Å². The Kier molecular flexibility index (Phi) is 13.1. The normalized spacial score (nSPS) is 19.0. The van der Waals surface area contributed by atoms with Crippen LogP contribution in [0.5, 0.6) is 0 Å². The van der Waals surface area contributed by atoms with Crippen LogP contribution in [0.15, 0.2) is 0 Å². The molecule has 1 radical (unpaired) electrons. The molecule has 12 heavy (non-hydrogen) atoms. The summed E-state index contributed by atoms with van der Waals surface area (Å²) in [5, 5.41) is 0. The van der Waals surface area contributed by atoms with E-state index in [2.05, 4.69) is 18.9 Å². The van der Waals surface area contributed by atoms with Crippen LogP contribution >= 0.6 is 0 Å². The van der Waals surface area contributed by atoms with Gasteiger partial charge in [0.05, 0.1) is 0 Å². The molecule has 1 saturated heterocycles. The van der Waals surface area contributed by atoms with Crippen LogP contribution in [0.25, 0.3) is 0 Å². The summed E-state index contributed by atoms with van der Waals surface area (Å²) >= 11 is 0. The number of likely N-dealkylation sites (tertiary alicyclic amines) is 1. The van der Waals surface area contributed by atoms with Crippen LogP contribution in [0, 0.1) is 12.8 Å². The van der Waals surface area contributed by atoms with E-state index >= 15 is 0 Å². The van der Waals surface area contributed by atoms with Gasteiger partial charge in [0.1, 0.15) is 0 Å². The van der Waals surface area contributed by atoms with E-state index in [1.807, 2.05) is 13.8 Å². The average molecular weight is 245 g/mol. The summed E-state index contributed by atoms with van der Waals surface area (Å²) in [5.74, 6) is 0.918. The van der Waals surface area contributed by atoms with Gasteiger partial charge in [0, 0.05) is 32.7 Å². The van der Waals surface area contributed by atoms with E-state index in [4.69, 9.17) is 0 Å². The van der Waals surface area contributed by atoms with Crippen molar-refractivity contribution in [2.24, 2.45) is 5.92 Å². The number of nitrogens with zero attached hydrogens (tertiary/aromatic N) is 1. The Bertz CT molecular complexity index is 77.9. The van der Waals surface area contributed by atoms with Crippen LogP contribution in [0.1, 0.15) is 33.1 Å². The molecule has 0 aliphatic carbocycles. The number of piperidine rings is 1. The van der Waals surface area contributed by atoms with Crippen molar-refractivity contribution in [3.8, 4) is 0 Å². The third-order valence-corrected chi connectivity index (χ3v) is 2.25. The molecular formula is C10H22NY-. The SMILES string of the molecule is CC.[CH2-]CC1CCN(C)CC1.[Y]. The van der Waals surface area contributed by atoms with Gasteiger partial charge in [0.25, 0.3) is 0 Å². The molecule has 1 rings (SSSR count). The summed E-state index contributed by atoms with van der Waals surface area (Å²) in [4.78, 5) is 2.40. The van der Waals surface area contributed by atoms with Gasteiger partial charge in [-0.1, -0.05) is 19.8 Å². The minimum absolute atomic E-state index is 0. The van der Waals surface area contributed by atoms with Gasteiger partial charge in [-0.3, -0.25) is 0 Å². The van der Waals surface area contributed by atoms with Crippen molar-refractivity contribution in [2.75, 3.05) is 20.1 Å². The monoisotopic (exact) mass is 245 g/mol. The van der Waals surface area contributed by atoms with Crippen molar-refractivity contribution in [3.05, 3.63) is 6.92 Å². The zero-order chi connectivity index (χ0) is 8.69. The Balaban J connectivity index is 0. The van der Waals surface area contributed by atoms with Gasteiger partial charge in [-0.2, -0.15) is 6.42 Å². The Morgan fingerprint density at radius 2 is 1.67 bits per heavy atom. The molecular weight excluding hydrogens is 223 g/mol. The van der Waals surface area contributed by atoms with Crippen LogP contribution in [0.3, 0.4) is 0 Å². The minimum atomic E-state index is 0. The summed E-state index contributed by atoms with van der Waals surface area (Å²) < 4.78 is 0. The molecule has 1 nitrogen and oxygen atoms in total. The second-order valence-electron chi connectivity index (χ2n) is 3.04. The molecule has 0 amide bonds. The van der Waals surface area contributed by atoms with Gasteiger partial charge >= 0.3 is 0 Å². The molecule has 1 heterocycles. The van der Waals surface area contributed by atoms with Gasteiger partial charge in [-0.15, -0.1) is 0 Å². The van der Waals surface area contributed by atoms with Crippen molar-refractivity contribution >= 4 is 0 Å². The molecule has 1 fully saturated rings. The maximum absolute atomic E-state index is 3.92. The largest absolute Gasteiger partial charge is 0.343 e. The summed E-state index contributed by atoms with van der Waals surface area (Å²) in [6, 6.07) is 0. The quantitative estimate of drug-likeness (QED) is 0.642. The predicted octanol–water partition coefficient (Wildman–Crippen LogP) is 2.58. The van der Waals surface area contributed by atoms with E-state index in [0.29, 0.717) is 0 Å². The minimum Gasteiger partial charge on any atom is -0.343 e. The van der Waals surface area contributed by atoms with Crippen LogP contribution in [-0.4, -0.2) is 25.0 Å². The molecule has 0 aromatic rings. The molecule has 0 aromatic heterocycles.